The first-order valence-electron chi connectivity index (χ1n) is 6.78. The average molecular weight is 314 g/mol. The minimum Gasteiger partial charge on any atom is -0.348 e. The monoisotopic (exact) mass is 313 g/mol. The highest BCUT2D eigenvalue weighted by Gasteiger charge is 2.24. The van der Waals surface area contributed by atoms with Crippen molar-refractivity contribution >= 4 is 23.2 Å². The van der Waals surface area contributed by atoms with Crippen molar-refractivity contribution in [2.75, 3.05) is 13.2 Å². The smallest absolute Gasteiger partial charge is 0.183 e. The number of hydrogen-bond acceptors (Lipinski definition) is 3. The summed E-state index contributed by atoms with van der Waals surface area (Å²) in [5.41, 5.74) is 1.04. The lowest BCUT2D eigenvalue weighted by molar-refractivity contribution is -0.206. The largest absolute Gasteiger partial charge is 0.348 e. The molecule has 1 saturated heterocycles. The summed E-state index contributed by atoms with van der Waals surface area (Å²) in [7, 11) is 0. The number of nitrogens with zero attached hydrogens (tertiary/aromatic N) is 1. The fourth-order valence-corrected chi connectivity index (χ4v) is 2.82. The van der Waals surface area contributed by atoms with Crippen LogP contribution in [-0.2, 0) is 9.47 Å². The van der Waals surface area contributed by atoms with E-state index in [1.807, 2.05) is 6.07 Å². The molecule has 1 aromatic rings. The van der Waals surface area contributed by atoms with Gasteiger partial charge in [-0.05, 0) is 18.6 Å². The highest BCUT2D eigenvalue weighted by atomic mass is 35.5. The van der Waals surface area contributed by atoms with E-state index in [9.17, 15) is 0 Å². The topological polar surface area (TPSA) is 42.2 Å². The summed E-state index contributed by atoms with van der Waals surface area (Å²) < 4.78 is 11.5. The predicted octanol–water partition coefficient (Wildman–Crippen LogP) is 4.72. The van der Waals surface area contributed by atoms with E-state index in [1.165, 1.54) is 12.8 Å². The second kappa shape index (κ2) is 7.28. The molecule has 2 rings (SSSR count). The van der Waals surface area contributed by atoms with Crippen LogP contribution < -0.4 is 0 Å². The maximum absolute atomic E-state index is 8.94. The van der Waals surface area contributed by atoms with E-state index in [0.29, 0.717) is 29.2 Å². The molecular weight excluding hydrogens is 297 g/mol. The van der Waals surface area contributed by atoms with Crippen molar-refractivity contribution in [3.05, 3.63) is 33.3 Å². The molecule has 1 aliphatic heterocycles. The van der Waals surface area contributed by atoms with Crippen LogP contribution in [0.4, 0.5) is 0 Å². The Morgan fingerprint density at radius 3 is 2.35 bits per heavy atom. The lowest BCUT2D eigenvalue weighted by Gasteiger charge is -2.29. The number of rotatable bonds is 4. The lowest BCUT2D eigenvalue weighted by atomic mass is 10.0. The van der Waals surface area contributed by atoms with Crippen LogP contribution >= 0.6 is 23.2 Å². The first-order chi connectivity index (χ1) is 9.65. The summed E-state index contributed by atoms with van der Waals surface area (Å²) in [6, 6.07) is 5.35. The SMILES string of the molecule is CCCCC1COC(c2cc(Cl)c(C#N)c(Cl)c2)OC1. The summed E-state index contributed by atoms with van der Waals surface area (Å²) in [5, 5.41) is 9.59. The lowest BCUT2D eigenvalue weighted by Crippen LogP contribution is -2.27. The Labute approximate surface area is 129 Å². The highest BCUT2D eigenvalue weighted by molar-refractivity contribution is 6.36. The number of unbranched alkanes of at least 4 members (excludes halogenated alkanes) is 1. The molecule has 0 amide bonds. The minimum atomic E-state index is -0.449. The third-order valence-corrected chi connectivity index (χ3v) is 3.98. The van der Waals surface area contributed by atoms with Crippen LogP contribution in [0.3, 0.4) is 0 Å². The molecular formula is C15H17Cl2NO2. The van der Waals surface area contributed by atoms with Crippen molar-refractivity contribution in [3.8, 4) is 6.07 Å². The van der Waals surface area contributed by atoms with Crippen molar-refractivity contribution in [1.29, 1.82) is 5.26 Å². The number of halogens is 2. The quantitative estimate of drug-likeness (QED) is 0.808. The zero-order valence-corrected chi connectivity index (χ0v) is 12.9. The first-order valence-corrected chi connectivity index (χ1v) is 7.53. The molecule has 0 bridgehead atoms. The molecule has 1 aliphatic rings. The first kappa shape index (κ1) is 15.6. The second-order valence-electron chi connectivity index (χ2n) is 4.98. The van der Waals surface area contributed by atoms with Gasteiger partial charge in [0.05, 0.1) is 28.8 Å². The molecule has 5 heteroatoms. The van der Waals surface area contributed by atoms with Crippen LogP contribution in [0.1, 0.15) is 43.6 Å². The number of nitriles is 1. The Morgan fingerprint density at radius 1 is 1.25 bits per heavy atom. The van der Waals surface area contributed by atoms with Crippen molar-refractivity contribution in [2.45, 2.75) is 32.5 Å². The van der Waals surface area contributed by atoms with Gasteiger partial charge < -0.3 is 9.47 Å². The average Bonchev–Trinajstić information content (AvgIpc) is 2.45. The van der Waals surface area contributed by atoms with E-state index >= 15 is 0 Å². The Bertz CT molecular complexity index is 482. The van der Waals surface area contributed by atoms with Gasteiger partial charge in [-0.1, -0.05) is 43.0 Å². The normalized spacial score (nSPS) is 22.5. The zero-order valence-electron chi connectivity index (χ0n) is 11.4. The van der Waals surface area contributed by atoms with Crippen LogP contribution in [0.5, 0.6) is 0 Å². The minimum absolute atomic E-state index is 0.286. The van der Waals surface area contributed by atoms with Gasteiger partial charge in [-0.25, -0.2) is 0 Å². The van der Waals surface area contributed by atoms with Crippen molar-refractivity contribution in [3.63, 3.8) is 0 Å². The highest BCUT2D eigenvalue weighted by Crippen LogP contribution is 2.33. The molecule has 0 saturated carbocycles. The Morgan fingerprint density at radius 2 is 1.85 bits per heavy atom. The van der Waals surface area contributed by atoms with Gasteiger partial charge in [0.1, 0.15) is 6.07 Å². The van der Waals surface area contributed by atoms with Crippen molar-refractivity contribution < 1.29 is 9.47 Å². The molecule has 0 atom stereocenters. The molecule has 1 fully saturated rings. The third kappa shape index (κ3) is 3.65. The predicted molar refractivity (Wildman–Crippen MR) is 78.8 cm³/mol. The van der Waals surface area contributed by atoms with Crippen LogP contribution in [0.25, 0.3) is 0 Å². The fraction of sp³-hybridized carbons (Fsp3) is 0.533. The molecule has 3 nitrogen and oxygen atoms in total. The number of ether oxygens (including phenoxy) is 2. The van der Waals surface area contributed by atoms with E-state index in [0.717, 1.165) is 12.0 Å². The molecule has 108 valence electrons. The Balaban J connectivity index is 2.02. The third-order valence-electron chi connectivity index (χ3n) is 3.38. The molecule has 0 unspecified atom stereocenters. The van der Waals surface area contributed by atoms with Gasteiger partial charge in [0, 0.05) is 11.5 Å². The summed E-state index contributed by atoms with van der Waals surface area (Å²) in [6.07, 6.45) is 3.05. The molecule has 0 aliphatic carbocycles. The molecule has 0 N–H and O–H groups in total. The molecule has 0 radical (unpaired) electrons. The van der Waals surface area contributed by atoms with Crippen LogP contribution in [0.15, 0.2) is 12.1 Å². The molecule has 1 aromatic carbocycles. The second-order valence-corrected chi connectivity index (χ2v) is 5.79. The van der Waals surface area contributed by atoms with E-state index in [-0.39, 0.29) is 5.56 Å². The Kier molecular flexibility index (Phi) is 5.68. The summed E-state index contributed by atoms with van der Waals surface area (Å²) in [4.78, 5) is 0. The van der Waals surface area contributed by atoms with Gasteiger partial charge in [-0.2, -0.15) is 5.26 Å². The molecule has 0 aromatic heterocycles. The maximum Gasteiger partial charge on any atom is 0.183 e. The van der Waals surface area contributed by atoms with Crippen molar-refractivity contribution in [1.82, 2.24) is 0 Å². The van der Waals surface area contributed by atoms with Gasteiger partial charge in [-0.3, -0.25) is 0 Å². The standard InChI is InChI=1S/C15H17Cl2NO2/c1-2-3-4-10-8-19-15(20-9-10)11-5-13(16)12(7-18)14(17)6-11/h5-6,10,15H,2-4,8-9H2,1H3. The van der Waals surface area contributed by atoms with Crippen molar-refractivity contribution in [2.24, 2.45) is 5.92 Å². The number of benzene rings is 1. The van der Waals surface area contributed by atoms with Gasteiger partial charge in [-0.15, -0.1) is 0 Å². The maximum atomic E-state index is 8.94. The molecule has 1 heterocycles. The summed E-state index contributed by atoms with van der Waals surface area (Å²) >= 11 is 12.1. The van der Waals surface area contributed by atoms with E-state index in [1.54, 1.807) is 12.1 Å². The zero-order chi connectivity index (χ0) is 14.5. The van der Waals surface area contributed by atoms with E-state index in [4.69, 9.17) is 37.9 Å². The van der Waals surface area contributed by atoms with Gasteiger partial charge in [0.15, 0.2) is 6.29 Å². The van der Waals surface area contributed by atoms with Crippen LogP contribution in [-0.4, -0.2) is 13.2 Å². The van der Waals surface area contributed by atoms with Gasteiger partial charge >= 0.3 is 0 Å². The summed E-state index contributed by atoms with van der Waals surface area (Å²) in [5.74, 6) is 0.454. The van der Waals surface area contributed by atoms with Gasteiger partial charge in [0.2, 0.25) is 0 Å². The molecule has 0 spiro atoms. The van der Waals surface area contributed by atoms with Crippen LogP contribution in [0, 0.1) is 17.2 Å². The van der Waals surface area contributed by atoms with Crippen LogP contribution in [0.2, 0.25) is 10.0 Å². The number of hydrogen-bond donors (Lipinski definition) is 0. The fourth-order valence-electron chi connectivity index (χ4n) is 2.23. The Hall–Kier alpha value is -0.790. The van der Waals surface area contributed by atoms with Gasteiger partial charge in [0.25, 0.3) is 0 Å². The summed E-state index contributed by atoms with van der Waals surface area (Å²) in [6.45, 7) is 3.54. The molecule has 20 heavy (non-hydrogen) atoms. The van der Waals surface area contributed by atoms with E-state index < -0.39 is 6.29 Å². The van der Waals surface area contributed by atoms with E-state index in [2.05, 4.69) is 6.92 Å².